The summed E-state index contributed by atoms with van der Waals surface area (Å²) in [6.07, 6.45) is 2.47. The van der Waals surface area contributed by atoms with E-state index < -0.39 is 5.97 Å². The zero-order valence-corrected chi connectivity index (χ0v) is 11.4. The molecule has 2 rings (SSSR count). The van der Waals surface area contributed by atoms with Gasteiger partial charge in [0.15, 0.2) is 0 Å². The summed E-state index contributed by atoms with van der Waals surface area (Å²) < 4.78 is 0. The number of aromatic carboxylic acids is 1. The van der Waals surface area contributed by atoms with E-state index in [0.717, 1.165) is 18.2 Å². The average molecular weight is 269 g/mol. The van der Waals surface area contributed by atoms with E-state index in [9.17, 15) is 4.79 Å². The van der Waals surface area contributed by atoms with Gasteiger partial charge in [-0.25, -0.2) is 9.78 Å². The van der Waals surface area contributed by atoms with Crippen LogP contribution >= 0.6 is 11.3 Å². The fraction of sp³-hybridized carbons (Fsp3) is 0.667. The van der Waals surface area contributed by atoms with Crippen LogP contribution in [0.15, 0.2) is 5.38 Å². The molecule has 0 aliphatic carbocycles. The second-order valence-electron chi connectivity index (χ2n) is 4.83. The fourth-order valence-electron chi connectivity index (χ4n) is 2.16. The summed E-state index contributed by atoms with van der Waals surface area (Å²) in [5.41, 5.74) is 0.824. The van der Waals surface area contributed by atoms with Crippen LogP contribution in [0.5, 0.6) is 0 Å². The van der Waals surface area contributed by atoms with Crippen LogP contribution in [0, 0.1) is 5.92 Å². The summed E-state index contributed by atoms with van der Waals surface area (Å²) in [4.78, 5) is 17.1. The van der Waals surface area contributed by atoms with Crippen LogP contribution in [0.3, 0.4) is 0 Å². The maximum absolute atomic E-state index is 10.7. The number of thiazole rings is 1. The molecule has 1 saturated heterocycles. The zero-order valence-electron chi connectivity index (χ0n) is 10.6. The molecule has 0 atom stereocenters. The molecule has 1 aliphatic rings. The number of rotatable bonds is 5. The summed E-state index contributed by atoms with van der Waals surface area (Å²) in [7, 11) is 2.16. The van der Waals surface area contributed by atoms with Crippen molar-refractivity contribution in [1.29, 1.82) is 0 Å². The van der Waals surface area contributed by atoms with E-state index in [0.29, 0.717) is 6.54 Å². The third-order valence-corrected chi connectivity index (χ3v) is 4.19. The van der Waals surface area contributed by atoms with Gasteiger partial charge in [-0.3, -0.25) is 0 Å². The first-order valence-corrected chi connectivity index (χ1v) is 7.10. The maximum Gasteiger partial charge on any atom is 0.365 e. The van der Waals surface area contributed by atoms with Gasteiger partial charge < -0.3 is 15.3 Å². The summed E-state index contributed by atoms with van der Waals surface area (Å²) in [5, 5.41) is 14.1. The van der Waals surface area contributed by atoms with Crippen LogP contribution in [0.2, 0.25) is 0 Å². The van der Waals surface area contributed by atoms with Gasteiger partial charge in [-0.05, 0) is 45.4 Å². The van der Waals surface area contributed by atoms with Crippen LogP contribution in [-0.4, -0.2) is 47.6 Å². The van der Waals surface area contributed by atoms with E-state index in [1.54, 1.807) is 0 Å². The van der Waals surface area contributed by atoms with E-state index in [1.165, 1.54) is 37.3 Å². The van der Waals surface area contributed by atoms with Crippen molar-refractivity contribution in [2.45, 2.75) is 19.4 Å². The molecule has 0 aromatic carbocycles. The van der Waals surface area contributed by atoms with Crippen molar-refractivity contribution >= 4 is 17.3 Å². The van der Waals surface area contributed by atoms with Crippen molar-refractivity contribution in [2.24, 2.45) is 5.92 Å². The van der Waals surface area contributed by atoms with Gasteiger partial charge in [0.1, 0.15) is 0 Å². The lowest BCUT2D eigenvalue weighted by atomic mass is 9.97. The Hall–Kier alpha value is -0.980. The summed E-state index contributed by atoms with van der Waals surface area (Å²) in [5.74, 6) is -0.208. The molecule has 1 aromatic heterocycles. The second-order valence-corrected chi connectivity index (χ2v) is 5.68. The monoisotopic (exact) mass is 269 g/mol. The van der Waals surface area contributed by atoms with Gasteiger partial charge in [-0.1, -0.05) is 0 Å². The number of hydrogen-bond donors (Lipinski definition) is 2. The molecule has 0 bridgehead atoms. The predicted molar refractivity (Wildman–Crippen MR) is 71.0 cm³/mol. The Morgan fingerprint density at radius 1 is 1.61 bits per heavy atom. The van der Waals surface area contributed by atoms with Crippen LogP contribution in [-0.2, 0) is 6.54 Å². The molecule has 100 valence electrons. The van der Waals surface area contributed by atoms with Gasteiger partial charge in [0.25, 0.3) is 0 Å². The Morgan fingerprint density at radius 3 is 2.94 bits per heavy atom. The van der Waals surface area contributed by atoms with Gasteiger partial charge in [-0.2, -0.15) is 0 Å². The Kier molecular flexibility index (Phi) is 4.68. The normalized spacial score (nSPS) is 18.1. The summed E-state index contributed by atoms with van der Waals surface area (Å²) in [6.45, 7) is 4.00. The smallest absolute Gasteiger partial charge is 0.365 e. The van der Waals surface area contributed by atoms with Gasteiger partial charge in [0, 0.05) is 11.9 Å². The lowest BCUT2D eigenvalue weighted by molar-refractivity contribution is 0.0696. The Labute approximate surface area is 111 Å². The van der Waals surface area contributed by atoms with E-state index in [2.05, 4.69) is 22.2 Å². The Morgan fingerprint density at radius 2 is 2.33 bits per heavy atom. The molecule has 0 saturated carbocycles. The molecular formula is C12H19N3O2S. The highest BCUT2D eigenvalue weighted by molar-refractivity contribution is 7.11. The highest BCUT2D eigenvalue weighted by atomic mass is 32.1. The maximum atomic E-state index is 10.7. The van der Waals surface area contributed by atoms with Crippen molar-refractivity contribution < 1.29 is 9.90 Å². The number of carboxylic acid groups (broad SMARTS) is 1. The van der Waals surface area contributed by atoms with Crippen molar-refractivity contribution in [1.82, 2.24) is 15.2 Å². The number of nitrogens with zero attached hydrogens (tertiary/aromatic N) is 2. The van der Waals surface area contributed by atoms with E-state index in [1.807, 2.05) is 5.38 Å². The molecule has 0 radical (unpaired) electrons. The molecule has 1 aromatic rings. The molecule has 0 amide bonds. The lowest BCUT2D eigenvalue weighted by Crippen LogP contribution is -2.34. The van der Waals surface area contributed by atoms with Crippen molar-refractivity contribution in [3.05, 3.63) is 16.1 Å². The van der Waals surface area contributed by atoms with Crippen molar-refractivity contribution in [3.63, 3.8) is 0 Å². The zero-order chi connectivity index (χ0) is 13.0. The first kappa shape index (κ1) is 13.5. The molecule has 0 spiro atoms. The number of nitrogens with one attached hydrogen (secondary N) is 1. The fourth-order valence-corrected chi connectivity index (χ4v) is 2.81. The van der Waals surface area contributed by atoms with Crippen LogP contribution in [0.25, 0.3) is 0 Å². The summed E-state index contributed by atoms with van der Waals surface area (Å²) in [6, 6.07) is 0. The third-order valence-electron chi connectivity index (χ3n) is 3.31. The molecule has 2 heterocycles. The highest BCUT2D eigenvalue weighted by Crippen LogP contribution is 2.15. The molecule has 5 nitrogen and oxygen atoms in total. The molecule has 6 heteroatoms. The molecular weight excluding hydrogens is 250 g/mol. The number of carboxylic acids is 1. The Balaban J connectivity index is 1.70. The first-order chi connectivity index (χ1) is 8.65. The summed E-state index contributed by atoms with van der Waals surface area (Å²) >= 11 is 1.19. The molecule has 1 aliphatic heterocycles. The quantitative estimate of drug-likeness (QED) is 0.843. The average Bonchev–Trinajstić information content (AvgIpc) is 2.81. The minimum absolute atomic E-state index is 0.172. The second kappa shape index (κ2) is 6.26. The topological polar surface area (TPSA) is 65.5 Å². The van der Waals surface area contributed by atoms with Crippen molar-refractivity contribution in [3.8, 4) is 0 Å². The highest BCUT2D eigenvalue weighted by Gasteiger charge is 2.16. The van der Waals surface area contributed by atoms with Gasteiger partial charge in [0.2, 0.25) is 5.01 Å². The SMILES string of the molecule is CN1CCC(CNCc2csc(C(=O)O)n2)CC1. The van der Waals surface area contributed by atoms with Gasteiger partial charge in [-0.15, -0.1) is 11.3 Å². The van der Waals surface area contributed by atoms with E-state index >= 15 is 0 Å². The van der Waals surface area contributed by atoms with Gasteiger partial charge >= 0.3 is 5.97 Å². The standard InChI is InChI=1S/C12H19N3O2S/c1-15-4-2-9(3-5-15)6-13-7-10-8-18-11(14-10)12(16)17/h8-9,13H,2-7H2,1H3,(H,16,17). The number of carbonyl (C=O) groups is 1. The number of likely N-dealkylation sites (tertiary alicyclic amines) is 1. The third kappa shape index (κ3) is 3.76. The van der Waals surface area contributed by atoms with Crippen molar-refractivity contribution in [2.75, 3.05) is 26.7 Å². The number of hydrogen-bond acceptors (Lipinski definition) is 5. The molecule has 1 fully saturated rings. The van der Waals surface area contributed by atoms with Crippen LogP contribution in [0.4, 0.5) is 0 Å². The van der Waals surface area contributed by atoms with E-state index in [4.69, 9.17) is 5.11 Å². The minimum Gasteiger partial charge on any atom is -0.476 e. The lowest BCUT2D eigenvalue weighted by Gasteiger charge is -2.28. The van der Waals surface area contributed by atoms with E-state index in [-0.39, 0.29) is 5.01 Å². The predicted octanol–water partition coefficient (Wildman–Crippen LogP) is 1.27. The van der Waals surface area contributed by atoms with Gasteiger partial charge in [0.05, 0.1) is 5.69 Å². The molecule has 18 heavy (non-hydrogen) atoms. The van der Waals surface area contributed by atoms with Crippen LogP contribution < -0.4 is 5.32 Å². The number of aromatic nitrogens is 1. The van der Waals surface area contributed by atoms with Crippen LogP contribution in [0.1, 0.15) is 28.3 Å². The Bertz CT molecular complexity index is 400. The first-order valence-electron chi connectivity index (χ1n) is 6.22. The molecule has 2 N–H and O–H groups in total. The molecule has 0 unspecified atom stereocenters. The minimum atomic E-state index is -0.943. The largest absolute Gasteiger partial charge is 0.476 e. The number of piperidine rings is 1.